The minimum atomic E-state index is -0.313. The van der Waals surface area contributed by atoms with Crippen LogP contribution in [0.2, 0.25) is 0 Å². The summed E-state index contributed by atoms with van der Waals surface area (Å²) in [4.78, 5) is 15.5. The molecule has 0 fully saturated rings. The third kappa shape index (κ3) is 2.75. The summed E-state index contributed by atoms with van der Waals surface area (Å²) in [7, 11) is 0. The van der Waals surface area contributed by atoms with E-state index in [0.717, 1.165) is 39.8 Å². The lowest BCUT2D eigenvalue weighted by molar-refractivity contribution is 0.0949. The minimum Gasteiger partial charge on any atom is -0.358 e. The molecule has 2 aromatic heterocycles. The van der Waals surface area contributed by atoms with Crippen molar-refractivity contribution in [3.63, 3.8) is 0 Å². The number of fused-ring (bicyclic) bond motifs is 1. The molecule has 0 saturated heterocycles. The Morgan fingerprint density at radius 2 is 2.13 bits per heavy atom. The number of rotatable bonds is 4. The summed E-state index contributed by atoms with van der Waals surface area (Å²) >= 11 is 0. The fourth-order valence-corrected chi connectivity index (χ4v) is 2.67. The van der Waals surface area contributed by atoms with Crippen LogP contribution in [-0.2, 0) is 6.42 Å². The van der Waals surface area contributed by atoms with Crippen LogP contribution in [-0.4, -0.2) is 27.3 Å². The summed E-state index contributed by atoms with van der Waals surface area (Å²) in [6.07, 6.45) is 2.47. The lowest BCUT2D eigenvalue weighted by Gasteiger charge is -1.98. The molecule has 1 amide bonds. The van der Waals surface area contributed by atoms with Crippen molar-refractivity contribution >= 4 is 23.0 Å². The molecule has 118 valence electrons. The summed E-state index contributed by atoms with van der Waals surface area (Å²) < 4.78 is 0. The monoisotopic (exact) mass is 309 g/mol. The maximum Gasteiger partial charge on any atom is 0.292 e. The van der Waals surface area contributed by atoms with E-state index in [9.17, 15) is 4.79 Å². The number of para-hydroxylation sites is 1. The Balaban J connectivity index is 1.79. The first-order valence-corrected chi connectivity index (χ1v) is 7.56. The summed E-state index contributed by atoms with van der Waals surface area (Å²) in [6.45, 7) is 5.87. The van der Waals surface area contributed by atoms with E-state index in [-0.39, 0.29) is 5.91 Å². The Morgan fingerprint density at radius 1 is 1.35 bits per heavy atom. The van der Waals surface area contributed by atoms with Crippen LogP contribution < -0.4 is 5.43 Å². The fourth-order valence-electron chi connectivity index (χ4n) is 2.67. The second-order valence-electron chi connectivity index (χ2n) is 5.44. The van der Waals surface area contributed by atoms with Crippen LogP contribution in [0.25, 0.3) is 10.9 Å². The number of nitrogens with one attached hydrogen (secondary N) is 3. The standard InChI is InChI=1S/C17H19N5O/c1-4-14-10(2)16(21-20-14)17(23)22-18-9-13-11(3)19-15-8-6-5-7-12(13)15/h5-9,19H,4H2,1-3H3,(H,20,21)(H,22,23). The quantitative estimate of drug-likeness (QED) is 0.511. The number of hydrogen-bond donors (Lipinski definition) is 3. The number of aromatic amines is 2. The number of carbonyl (C=O) groups is 1. The molecule has 3 rings (SSSR count). The van der Waals surface area contributed by atoms with Gasteiger partial charge in [0.1, 0.15) is 0 Å². The van der Waals surface area contributed by atoms with E-state index >= 15 is 0 Å². The molecular formula is C17H19N5O. The molecule has 3 N–H and O–H groups in total. The van der Waals surface area contributed by atoms with Crippen LogP contribution in [0.15, 0.2) is 29.4 Å². The van der Waals surface area contributed by atoms with Gasteiger partial charge in [-0.05, 0) is 26.3 Å². The van der Waals surface area contributed by atoms with Gasteiger partial charge in [-0.15, -0.1) is 0 Å². The first-order chi connectivity index (χ1) is 11.1. The van der Waals surface area contributed by atoms with Crippen molar-refractivity contribution in [1.82, 2.24) is 20.6 Å². The normalized spacial score (nSPS) is 11.4. The molecule has 0 saturated carbocycles. The molecule has 0 aliphatic carbocycles. The Bertz CT molecular complexity index is 888. The molecule has 0 unspecified atom stereocenters. The largest absolute Gasteiger partial charge is 0.358 e. The molecule has 6 heteroatoms. The average molecular weight is 309 g/mol. The lowest BCUT2D eigenvalue weighted by Crippen LogP contribution is -2.19. The van der Waals surface area contributed by atoms with Crippen LogP contribution in [0.1, 0.15) is 39.9 Å². The second-order valence-corrected chi connectivity index (χ2v) is 5.44. The minimum absolute atomic E-state index is 0.313. The molecule has 1 aromatic carbocycles. The first kappa shape index (κ1) is 15.0. The van der Waals surface area contributed by atoms with Gasteiger partial charge in [-0.2, -0.15) is 10.2 Å². The number of benzene rings is 1. The predicted molar refractivity (Wildman–Crippen MR) is 90.8 cm³/mol. The average Bonchev–Trinajstić information content (AvgIpc) is 3.07. The molecule has 0 spiro atoms. The Kier molecular flexibility index (Phi) is 3.97. The number of carbonyl (C=O) groups excluding carboxylic acids is 1. The number of hydrogen-bond acceptors (Lipinski definition) is 3. The topological polar surface area (TPSA) is 85.9 Å². The van der Waals surface area contributed by atoms with Crippen LogP contribution >= 0.6 is 0 Å². The van der Waals surface area contributed by atoms with E-state index < -0.39 is 0 Å². The molecule has 2 heterocycles. The van der Waals surface area contributed by atoms with E-state index in [1.807, 2.05) is 45.0 Å². The van der Waals surface area contributed by atoms with E-state index in [1.165, 1.54) is 0 Å². The van der Waals surface area contributed by atoms with Crippen LogP contribution in [0.3, 0.4) is 0 Å². The number of hydrazone groups is 1. The van der Waals surface area contributed by atoms with Gasteiger partial charge < -0.3 is 4.98 Å². The highest BCUT2D eigenvalue weighted by Gasteiger charge is 2.14. The van der Waals surface area contributed by atoms with Gasteiger partial charge in [0.2, 0.25) is 0 Å². The molecule has 3 aromatic rings. The zero-order valence-electron chi connectivity index (χ0n) is 13.4. The molecule has 0 aliphatic rings. The molecule has 0 bridgehead atoms. The zero-order chi connectivity index (χ0) is 16.4. The summed E-state index contributed by atoms with van der Waals surface area (Å²) in [5.41, 5.74) is 7.78. The van der Waals surface area contributed by atoms with E-state index in [1.54, 1.807) is 6.21 Å². The molecule has 6 nitrogen and oxygen atoms in total. The van der Waals surface area contributed by atoms with Crippen molar-refractivity contribution in [3.8, 4) is 0 Å². The second kappa shape index (κ2) is 6.08. The van der Waals surface area contributed by atoms with Gasteiger partial charge in [-0.25, -0.2) is 5.43 Å². The number of aromatic nitrogens is 3. The van der Waals surface area contributed by atoms with E-state index in [2.05, 4.69) is 25.7 Å². The highest BCUT2D eigenvalue weighted by Crippen LogP contribution is 2.19. The van der Waals surface area contributed by atoms with Gasteiger partial charge in [-0.3, -0.25) is 9.89 Å². The van der Waals surface area contributed by atoms with Crippen molar-refractivity contribution in [2.24, 2.45) is 5.10 Å². The van der Waals surface area contributed by atoms with E-state index in [4.69, 9.17) is 0 Å². The van der Waals surface area contributed by atoms with Gasteiger partial charge in [0.15, 0.2) is 5.69 Å². The number of H-pyrrole nitrogens is 2. The summed E-state index contributed by atoms with van der Waals surface area (Å²) in [5, 5.41) is 12.1. The van der Waals surface area contributed by atoms with Crippen molar-refractivity contribution in [1.29, 1.82) is 0 Å². The van der Waals surface area contributed by atoms with Gasteiger partial charge in [0.05, 0.1) is 6.21 Å². The van der Waals surface area contributed by atoms with E-state index in [0.29, 0.717) is 5.69 Å². The Morgan fingerprint density at radius 3 is 2.87 bits per heavy atom. The van der Waals surface area contributed by atoms with Gasteiger partial charge in [-0.1, -0.05) is 25.1 Å². The summed E-state index contributed by atoms with van der Waals surface area (Å²) in [5.74, 6) is -0.313. The highest BCUT2D eigenvalue weighted by molar-refractivity contribution is 6.01. The van der Waals surface area contributed by atoms with Gasteiger partial charge in [0, 0.05) is 33.4 Å². The maximum atomic E-state index is 12.2. The zero-order valence-corrected chi connectivity index (χ0v) is 13.4. The number of amides is 1. The first-order valence-electron chi connectivity index (χ1n) is 7.56. The van der Waals surface area contributed by atoms with Gasteiger partial charge >= 0.3 is 0 Å². The molecule has 0 aliphatic heterocycles. The molecule has 23 heavy (non-hydrogen) atoms. The van der Waals surface area contributed by atoms with Crippen molar-refractivity contribution in [3.05, 3.63) is 52.5 Å². The molecule has 0 radical (unpaired) electrons. The molecule has 0 atom stereocenters. The smallest absolute Gasteiger partial charge is 0.292 e. The Labute approximate surface area is 134 Å². The molecular weight excluding hydrogens is 290 g/mol. The third-order valence-electron chi connectivity index (χ3n) is 3.98. The third-order valence-corrected chi connectivity index (χ3v) is 3.98. The van der Waals surface area contributed by atoms with Crippen molar-refractivity contribution in [2.45, 2.75) is 27.2 Å². The lowest BCUT2D eigenvalue weighted by atomic mass is 10.1. The number of nitrogens with zero attached hydrogens (tertiary/aromatic N) is 2. The van der Waals surface area contributed by atoms with Crippen molar-refractivity contribution < 1.29 is 4.79 Å². The van der Waals surface area contributed by atoms with Crippen LogP contribution in [0.4, 0.5) is 0 Å². The van der Waals surface area contributed by atoms with Gasteiger partial charge in [0.25, 0.3) is 5.91 Å². The highest BCUT2D eigenvalue weighted by atomic mass is 16.2. The van der Waals surface area contributed by atoms with Crippen molar-refractivity contribution in [2.75, 3.05) is 0 Å². The maximum absolute atomic E-state index is 12.2. The van der Waals surface area contributed by atoms with Crippen LogP contribution in [0, 0.1) is 13.8 Å². The Hall–Kier alpha value is -2.89. The predicted octanol–water partition coefficient (Wildman–Crippen LogP) is 2.83. The van der Waals surface area contributed by atoms with Crippen LogP contribution in [0.5, 0.6) is 0 Å². The fraction of sp³-hybridized carbons (Fsp3) is 0.235. The summed E-state index contributed by atoms with van der Waals surface area (Å²) in [6, 6.07) is 7.99. The number of aryl methyl sites for hydroxylation is 2. The SMILES string of the molecule is CCc1[nH]nc(C(=O)NN=Cc2c(C)[nH]c3ccccc23)c1C.